The van der Waals surface area contributed by atoms with Gasteiger partial charge in [0, 0.05) is 29.7 Å². The minimum atomic E-state index is -0.515. The maximum absolute atomic E-state index is 13.7. The van der Waals surface area contributed by atoms with Gasteiger partial charge in [0.1, 0.15) is 5.75 Å². The summed E-state index contributed by atoms with van der Waals surface area (Å²) >= 11 is 0. The Morgan fingerprint density at radius 2 is 1.83 bits per heavy atom. The molecule has 4 N–H and O–H groups in total. The number of nitrogens with one attached hydrogen (secondary N) is 1. The second-order valence-electron chi connectivity index (χ2n) is 8.82. The summed E-state index contributed by atoms with van der Waals surface area (Å²) in [5.41, 5.74) is 9.81. The number of aromatic nitrogens is 1. The summed E-state index contributed by atoms with van der Waals surface area (Å²) in [6, 6.07) is 19.9. The van der Waals surface area contributed by atoms with E-state index in [1.807, 2.05) is 49.5 Å². The fourth-order valence-electron chi connectivity index (χ4n) is 4.30. The highest BCUT2D eigenvalue weighted by molar-refractivity contribution is 5.99. The Balaban J connectivity index is 1.66. The molecule has 0 bridgehead atoms. The minimum absolute atomic E-state index is 0.187. The highest BCUT2D eigenvalue weighted by atomic mass is 16.5. The van der Waals surface area contributed by atoms with Crippen molar-refractivity contribution in [3.8, 4) is 16.9 Å². The van der Waals surface area contributed by atoms with Gasteiger partial charge in [0.05, 0.1) is 24.8 Å². The number of carbonyl (C=O) groups is 2. The average Bonchev–Trinajstić information content (AvgIpc) is 3.32. The van der Waals surface area contributed by atoms with Crippen LogP contribution in [0.5, 0.6) is 5.75 Å². The van der Waals surface area contributed by atoms with Gasteiger partial charge in [-0.3, -0.25) is 9.59 Å². The van der Waals surface area contributed by atoms with Gasteiger partial charge >= 0.3 is 0 Å². The zero-order valence-corrected chi connectivity index (χ0v) is 20.5. The quantitative estimate of drug-likeness (QED) is 0.309. The number of carbonyl (C=O) groups excluding carboxylic acids is 2. The molecule has 4 aromatic rings. The summed E-state index contributed by atoms with van der Waals surface area (Å²) < 4.78 is 5.90. The molecule has 1 aromatic heterocycles. The molecule has 0 saturated carbocycles. The molecule has 1 atom stereocenters. The number of ether oxygens (including phenoxy) is 1. The van der Waals surface area contributed by atoms with Crippen molar-refractivity contribution in [2.45, 2.75) is 25.8 Å². The molecule has 7 heteroatoms. The van der Waals surface area contributed by atoms with Crippen LogP contribution in [-0.4, -0.2) is 53.1 Å². The predicted molar refractivity (Wildman–Crippen MR) is 141 cm³/mol. The fourth-order valence-corrected chi connectivity index (χ4v) is 4.30. The number of aliphatic hydroxyl groups is 1. The van der Waals surface area contributed by atoms with Crippen LogP contribution in [0, 0.1) is 0 Å². The number of aromatic amines is 1. The average molecular weight is 486 g/mol. The molecule has 3 aromatic carbocycles. The normalized spacial score (nSPS) is 11.9. The molecule has 0 unspecified atom stereocenters. The molecule has 7 nitrogen and oxygen atoms in total. The van der Waals surface area contributed by atoms with Crippen LogP contribution in [0.2, 0.25) is 0 Å². The highest BCUT2D eigenvalue weighted by Crippen LogP contribution is 2.29. The van der Waals surface area contributed by atoms with Gasteiger partial charge in [-0.2, -0.15) is 0 Å². The van der Waals surface area contributed by atoms with E-state index in [2.05, 4.69) is 4.98 Å². The van der Waals surface area contributed by atoms with E-state index in [9.17, 15) is 14.7 Å². The van der Waals surface area contributed by atoms with Gasteiger partial charge in [-0.15, -0.1) is 0 Å². The Kier molecular flexibility index (Phi) is 7.71. The molecule has 0 aliphatic heterocycles. The van der Waals surface area contributed by atoms with Gasteiger partial charge in [0.2, 0.25) is 5.91 Å². The molecular formula is C29H31N3O4. The lowest BCUT2D eigenvalue weighted by atomic mass is 9.99. The first-order valence-corrected chi connectivity index (χ1v) is 12.0. The Morgan fingerprint density at radius 3 is 2.58 bits per heavy atom. The van der Waals surface area contributed by atoms with Crippen molar-refractivity contribution in [2.24, 2.45) is 5.73 Å². The highest BCUT2D eigenvalue weighted by Gasteiger charge is 2.25. The number of H-pyrrole nitrogens is 1. The topological polar surface area (TPSA) is 109 Å². The van der Waals surface area contributed by atoms with Gasteiger partial charge < -0.3 is 25.5 Å². The summed E-state index contributed by atoms with van der Waals surface area (Å²) in [4.78, 5) is 30.2. The van der Waals surface area contributed by atoms with Crippen molar-refractivity contribution in [1.82, 2.24) is 9.88 Å². The molecule has 186 valence electrons. The molecular weight excluding hydrogens is 454 g/mol. The summed E-state index contributed by atoms with van der Waals surface area (Å²) in [5, 5.41) is 11.3. The smallest absolute Gasteiger partial charge is 0.257 e. The molecule has 1 heterocycles. The molecule has 36 heavy (non-hydrogen) atoms. The SMILES string of the molecule is CCCOc1ccc(-c2cccc(C(N)=O)c2)cc1C(=O)N(C)[C@@H](CO)Cc1c[nH]c2ccccc12. The lowest BCUT2D eigenvalue weighted by Crippen LogP contribution is -2.41. The lowest BCUT2D eigenvalue weighted by Gasteiger charge is -2.27. The van der Waals surface area contributed by atoms with Gasteiger partial charge in [0.15, 0.2) is 0 Å². The third-order valence-electron chi connectivity index (χ3n) is 6.36. The zero-order chi connectivity index (χ0) is 25.7. The van der Waals surface area contributed by atoms with Gasteiger partial charge in [-0.05, 0) is 59.9 Å². The Bertz CT molecular complexity index is 1380. The number of hydrogen-bond donors (Lipinski definition) is 3. The van der Waals surface area contributed by atoms with Crippen molar-refractivity contribution in [3.05, 3.63) is 89.6 Å². The van der Waals surface area contributed by atoms with Crippen molar-refractivity contribution in [2.75, 3.05) is 20.3 Å². The van der Waals surface area contributed by atoms with E-state index < -0.39 is 11.9 Å². The maximum Gasteiger partial charge on any atom is 0.257 e. The Labute approximate surface area is 210 Å². The van der Waals surface area contributed by atoms with Crippen LogP contribution in [0.3, 0.4) is 0 Å². The first-order chi connectivity index (χ1) is 17.4. The third-order valence-corrected chi connectivity index (χ3v) is 6.36. The molecule has 0 spiro atoms. The number of likely N-dealkylation sites (N-methyl/N-ethyl adjacent to an activating group) is 1. The van der Waals surface area contributed by atoms with E-state index in [0.29, 0.717) is 29.9 Å². The van der Waals surface area contributed by atoms with Gasteiger partial charge in [0.25, 0.3) is 5.91 Å². The van der Waals surface area contributed by atoms with Crippen molar-refractivity contribution < 1.29 is 19.4 Å². The Hall–Kier alpha value is -4.10. The monoisotopic (exact) mass is 485 g/mol. The molecule has 0 aliphatic carbocycles. The maximum atomic E-state index is 13.7. The molecule has 0 saturated heterocycles. The summed E-state index contributed by atoms with van der Waals surface area (Å²) in [7, 11) is 1.70. The second-order valence-corrected chi connectivity index (χ2v) is 8.82. The predicted octanol–water partition coefficient (Wildman–Crippen LogP) is 4.40. The molecule has 0 aliphatic rings. The van der Waals surface area contributed by atoms with Crippen LogP contribution in [0.15, 0.2) is 72.9 Å². The van der Waals surface area contributed by atoms with E-state index in [1.54, 1.807) is 42.3 Å². The number of amides is 2. The number of fused-ring (bicyclic) bond motifs is 1. The van der Waals surface area contributed by atoms with E-state index in [-0.39, 0.29) is 12.5 Å². The lowest BCUT2D eigenvalue weighted by molar-refractivity contribution is 0.0656. The second kappa shape index (κ2) is 11.1. The van der Waals surface area contributed by atoms with Gasteiger partial charge in [-0.25, -0.2) is 0 Å². The van der Waals surface area contributed by atoms with Gasteiger partial charge in [-0.1, -0.05) is 43.3 Å². The first kappa shape index (κ1) is 25.0. The Morgan fingerprint density at radius 1 is 1.06 bits per heavy atom. The number of nitrogens with two attached hydrogens (primary N) is 1. The molecule has 0 radical (unpaired) electrons. The number of rotatable bonds is 10. The summed E-state index contributed by atoms with van der Waals surface area (Å²) in [6.45, 7) is 2.28. The van der Waals surface area contributed by atoms with E-state index in [4.69, 9.17) is 10.5 Å². The van der Waals surface area contributed by atoms with Crippen molar-refractivity contribution in [1.29, 1.82) is 0 Å². The number of para-hydroxylation sites is 1. The summed E-state index contributed by atoms with van der Waals surface area (Å²) in [5.74, 6) is -0.293. The van der Waals surface area contributed by atoms with Crippen LogP contribution >= 0.6 is 0 Å². The number of aliphatic hydroxyl groups excluding tert-OH is 1. The van der Waals surface area contributed by atoms with Crippen molar-refractivity contribution in [3.63, 3.8) is 0 Å². The largest absolute Gasteiger partial charge is 0.493 e. The molecule has 2 amide bonds. The number of primary amides is 1. The zero-order valence-electron chi connectivity index (χ0n) is 20.5. The molecule has 0 fully saturated rings. The third kappa shape index (κ3) is 5.26. The minimum Gasteiger partial charge on any atom is -0.493 e. The van der Waals surface area contributed by atoms with Crippen LogP contribution in [0.25, 0.3) is 22.0 Å². The van der Waals surface area contributed by atoms with E-state index in [0.717, 1.165) is 34.0 Å². The van der Waals surface area contributed by atoms with Crippen LogP contribution in [-0.2, 0) is 6.42 Å². The van der Waals surface area contributed by atoms with E-state index >= 15 is 0 Å². The van der Waals surface area contributed by atoms with Crippen molar-refractivity contribution >= 4 is 22.7 Å². The standard InChI is InChI=1S/C29H31N3O4/c1-3-13-36-27-12-11-20(19-7-6-8-21(14-19)28(30)34)16-25(27)29(35)32(2)23(18-33)15-22-17-31-26-10-5-4-9-24(22)26/h4-12,14,16-17,23,31,33H,3,13,15,18H2,1-2H3,(H2,30,34)/t23-/m1/s1. The van der Waals surface area contributed by atoms with Crippen LogP contribution < -0.4 is 10.5 Å². The number of nitrogens with zero attached hydrogens (tertiary/aromatic N) is 1. The van der Waals surface area contributed by atoms with E-state index in [1.165, 1.54) is 0 Å². The fraction of sp³-hybridized carbons (Fsp3) is 0.241. The summed E-state index contributed by atoms with van der Waals surface area (Å²) in [6.07, 6.45) is 3.22. The first-order valence-electron chi connectivity index (χ1n) is 12.0. The molecule has 4 rings (SSSR count). The number of hydrogen-bond acceptors (Lipinski definition) is 4. The van der Waals surface area contributed by atoms with Crippen LogP contribution in [0.4, 0.5) is 0 Å². The van der Waals surface area contributed by atoms with Crippen LogP contribution in [0.1, 0.15) is 39.6 Å². The number of benzene rings is 3.